The van der Waals surface area contributed by atoms with Gasteiger partial charge in [0.05, 0.1) is 31.0 Å². The Labute approximate surface area is 139 Å². The second-order valence-electron chi connectivity index (χ2n) is 6.00. The van der Waals surface area contributed by atoms with Crippen LogP contribution in [-0.2, 0) is 16.0 Å². The molecule has 1 aromatic carbocycles. The molecule has 2 N–H and O–H groups in total. The minimum Gasteiger partial charge on any atom is -0.373 e. The summed E-state index contributed by atoms with van der Waals surface area (Å²) in [5.41, 5.74) is 4.62. The number of aromatic amines is 1. The second kappa shape index (κ2) is 6.05. The van der Waals surface area contributed by atoms with E-state index in [2.05, 4.69) is 26.6 Å². The number of rotatable bonds is 3. The Hall–Kier alpha value is -2.73. The monoisotopic (exact) mass is 322 g/mol. The Morgan fingerprint density at radius 2 is 2.29 bits per heavy atom. The van der Waals surface area contributed by atoms with Crippen LogP contribution in [-0.4, -0.2) is 27.7 Å². The maximum atomic E-state index is 12.4. The third-order valence-corrected chi connectivity index (χ3v) is 4.35. The van der Waals surface area contributed by atoms with Crippen molar-refractivity contribution in [3.8, 4) is 0 Å². The zero-order chi connectivity index (χ0) is 16.5. The fourth-order valence-electron chi connectivity index (χ4n) is 3.11. The molecule has 1 atom stereocenters. The van der Waals surface area contributed by atoms with Gasteiger partial charge in [0.2, 0.25) is 5.91 Å². The number of carbonyl (C=O) groups is 1. The Bertz CT molecular complexity index is 903. The molecule has 0 saturated carbocycles. The molecule has 2 aromatic heterocycles. The molecule has 6 nitrogen and oxygen atoms in total. The van der Waals surface area contributed by atoms with Crippen LogP contribution in [0.4, 0.5) is 5.69 Å². The first-order valence-electron chi connectivity index (χ1n) is 8.00. The zero-order valence-corrected chi connectivity index (χ0v) is 13.4. The van der Waals surface area contributed by atoms with Crippen molar-refractivity contribution in [1.82, 2.24) is 15.2 Å². The van der Waals surface area contributed by atoms with Crippen molar-refractivity contribution in [2.45, 2.75) is 25.9 Å². The topological polar surface area (TPSA) is 79.9 Å². The number of fused-ring (bicyclic) bond motifs is 2. The van der Waals surface area contributed by atoms with Crippen LogP contribution >= 0.6 is 0 Å². The first kappa shape index (κ1) is 14.8. The highest BCUT2D eigenvalue weighted by Gasteiger charge is 2.23. The van der Waals surface area contributed by atoms with Crippen molar-refractivity contribution in [2.75, 3.05) is 11.9 Å². The molecule has 3 heterocycles. The highest BCUT2D eigenvalue weighted by atomic mass is 16.5. The molecule has 1 amide bonds. The molecule has 0 radical (unpaired) electrons. The third kappa shape index (κ3) is 2.76. The largest absolute Gasteiger partial charge is 0.373 e. The van der Waals surface area contributed by atoms with Crippen LogP contribution in [0.3, 0.4) is 0 Å². The molecular formula is C18H18N4O2. The van der Waals surface area contributed by atoms with Crippen LogP contribution in [0.25, 0.3) is 11.0 Å². The van der Waals surface area contributed by atoms with E-state index in [4.69, 9.17) is 4.74 Å². The van der Waals surface area contributed by atoms with E-state index in [-0.39, 0.29) is 12.0 Å². The number of benzene rings is 1. The van der Waals surface area contributed by atoms with E-state index < -0.39 is 0 Å². The fourth-order valence-corrected chi connectivity index (χ4v) is 3.11. The van der Waals surface area contributed by atoms with E-state index in [1.165, 1.54) is 5.56 Å². The molecular weight excluding hydrogens is 304 g/mol. The molecule has 3 aromatic rings. The number of amides is 1. The van der Waals surface area contributed by atoms with Crippen molar-refractivity contribution in [3.05, 3.63) is 53.3 Å². The van der Waals surface area contributed by atoms with Crippen LogP contribution in [0.2, 0.25) is 0 Å². The molecule has 1 unspecified atom stereocenters. The molecule has 0 fully saturated rings. The van der Waals surface area contributed by atoms with Gasteiger partial charge in [-0.05, 0) is 30.5 Å². The quantitative estimate of drug-likeness (QED) is 0.777. The van der Waals surface area contributed by atoms with Gasteiger partial charge in [-0.1, -0.05) is 24.3 Å². The van der Waals surface area contributed by atoms with E-state index in [0.717, 1.165) is 23.1 Å². The first-order chi connectivity index (χ1) is 11.7. The molecule has 6 heteroatoms. The second-order valence-corrected chi connectivity index (χ2v) is 6.00. The van der Waals surface area contributed by atoms with Crippen molar-refractivity contribution < 1.29 is 9.53 Å². The first-order valence-corrected chi connectivity index (χ1v) is 8.00. The SMILES string of the molecule is Cc1[nH]nc2ncc(NC(=O)CC3OCCc4ccccc43)cc12. The molecule has 4 rings (SSSR count). The lowest BCUT2D eigenvalue weighted by Crippen LogP contribution is -2.22. The van der Waals surface area contributed by atoms with E-state index >= 15 is 0 Å². The summed E-state index contributed by atoms with van der Waals surface area (Å²) in [7, 11) is 0. The van der Waals surface area contributed by atoms with Crippen LogP contribution < -0.4 is 5.32 Å². The van der Waals surface area contributed by atoms with E-state index in [9.17, 15) is 4.79 Å². The number of hydrogen-bond acceptors (Lipinski definition) is 4. The van der Waals surface area contributed by atoms with Crippen molar-refractivity contribution in [2.24, 2.45) is 0 Å². The summed E-state index contributed by atoms with van der Waals surface area (Å²) >= 11 is 0. The summed E-state index contributed by atoms with van der Waals surface area (Å²) < 4.78 is 5.80. The minimum atomic E-state index is -0.192. The van der Waals surface area contributed by atoms with Gasteiger partial charge in [-0.3, -0.25) is 9.89 Å². The van der Waals surface area contributed by atoms with Gasteiger partial charge in [0, 0.05) is 11.1 Å². The average Bonchev–Trinajstić information content (AvgIpc) is 2.96. The highest BCUT2D eigenvalue weighted by Crippen LogP contribution is 2.29. The summed E-state index contributed by atoms with van der Waals surface area (Å²) in [4.78, 5) is 16.7. The Morgan fingerprint density at radius 3 is 3.21 bits per heavy atom. The lowest BCUT2D eigenvalue weighted by molar-refractivity contribution is -0.119. The maximum absolute atomic E-state index is 12.4. The van der Waals surface area contributed by atoms with Crippen LogP contribution in [0.5, 0.6) is 0 Å². The van der Waals surface area contributed by atoms with Gasteiger partial charge in [0.25, 0.3) is 0 Å². The normalized spacial score (nSPS) is 16.8. The van der Waals surface area contributed by atoms with Gasteiger partial charge in [0.15, 0.2) is 5.65 Å². The summed E-state index contributed by atoms with van der Waals surface area (Å²) in [6.07, 6.45) is 2.62. The number of aromatic nitrogens is 3. The molecule has 122 valence electrons. The van der Waals surface area contributed by atoms with Gasteiger partial charge in [-0.25, -0.2) is 4.98 Å². The molecule has 1 aliphatic heterocycles. The van der Waals surface area contributed by atoms with Gasteiger partial charge < -0.3 is 10.1 Å². The van der Waals surface area contributed by atoms with Crippen LogP contribution in [0, 0.1) is 6.92 Å². The number of aryl methyl sites for hydroxylation is 1. The summed E-state index contributed by atoms with van der Waals surface area (Å²) in [6.45, 7) is 2.58. The average molecular weight is 322 g/mol. The Balaban J connectivity index is 1.49. The summed E-state index contributed by atoms with van der Waals surface area (Å²) in [5.74, 6) is -0.0843. The van der Waals surface area contributed by atoms with E-state index in [0.29, 0.717) is 24.4 Å². The van der Waals surface area contributed by atoms with Crippen molar-refractivity contribution in [3.63, 3.8) is 0 Å². The molecule has 0 saturated heterocycles. The zero-order valence-electron chi connectivity index (χ0n) is 13.4. The Kier molecular flexibility index (Phi) is 3.74. The van der Waals surface area contributed by atoms with Crippen LogP contribution in [0.15, 0.2) is 36.5 Å². The van der Waals surface area contributed by atoms with Gasteiger partial charge in [0.1, 0.15) is 0 Å². The molecule has 0 spiro atoms. The molecule has 24 heavy (non-hydrogen) atoms. The number of hydrogen-bond donors (Lipinski definition) is 2. The lowest BCUT2D eigenvalue weighted by Gasteiger charge is -2.25. The van der Waals surface area contributed by atoms with Crippen molar-refractivity contribution >= 4 is 22.6 Å². The lowest BCUT2D eigenvalue weighted by atomic mass is 9.95. The standard InChI is InChI=1S/C18H18N4O2/c1-11-15-8-13(10-19-18(15)22-21-11)20-17(23)9-16-14-5-3-2-4-12(14)6-7-24-16/h2-5,8,10,16H,6-7,9H2,1H3,(H,20,23)(H,19,21,22). The number of carbonyl (C=O) groups excluding carboxylic acids is 1. The Morgan fingerprint density at radius 1 is 1.42 bits per heavy atom. The number of nitrogens with one attached hydrogen (secondary N) is 2. The van der Waals surface area contributed by atoms with E-state index in [1.807, 2.05) is 31.2 Å². The summed E-state index contributed by atoms with van der Waals surface area (Å²) in [6, 6.07) is 10.0. The molecule has 0 aliphatic carbocycles. The number of H-pyrrole nitrogens is 1. The fraction of sp³-hybridized carbons (Fsp3) is 0.278. The molecule has 0 bridgehead atoms. The third-order valence-electron chi connectivity index (χ3n) is 4.35. The predicted molar refractivity (Wildman–Crippen MR) is 90.7 cm³/mol. The predicted octanol–water partition coefficient (Wildman–Crippen LogP) is 2.91. The number of ether oxygens (including phenoxy) is 1. The van der Waals surface area contributed by atoms with Crippen LogP contribution in [0.1, 0.15) is 29.3 Å². The minimum absolute atomic E-state index is 0.0843. The van der Waals surface area contributed by atoms with Crippen molar-refractivity contribution in [1.29, 1.82) is 0 Å². The maximum Gasteiger partial charge on any atom is 0.227 e. The van der Waals surface area contributed by atoms with Gasteiger partial charge in [-0.2, -0.15) is 5.10 Å². The molecule has 1 aliphatic rings. The number of pyridine rings is 1. The summed E-state index contributed by atoms with van der Waals surface area (Å²) in [5, 5.41) is 10.8. The van der Waals surface area contributed by atoms with Gasteiger partial charge >= 0.3 is 0 Å². The number of anilines is 1. The number of nitrogens with zero attached hydrogens (tertiary/aromatic N) is 2. The highest BCUT2D eigenvalue weighted by molar-refractivity contribution is 5.93. The smallest absolute Gasteiger partial charge is 0.227 e. The van der Waals surface area contributed by atoms with Gasteiger partial charge in [-0.15, -0.1) is 0 Å². The van der Waals surface area contributed by atoms with E-state index in [1.54, 1.807) is 6.20 Å².